The maximum Gasteiger partial charge on any atom is 0.269 e. The number of methoxy groups -OCH3 is 1. The van der Waals surface area contributed by atoms with Crippen LogP contribution in [0, 0.1) is 0 Å². The van der Waals surface area contributed by atoms with E-state index in [1.807, 2.05) is 74.0 Å². The quantitative estimate of drug-likeness (QED) is 0.245. The molecule has 0 aliphatic heterocycles. The highest BCUT2D eigenvalue weighted by Crippen LogP contribution is 2.35. The van der Waals surface area contributed by atoms with Crippen LogP contribution in [0.1, 0.15) is 24.3 Å². The van der Waals surface area contributed by atoms with Crippen LogP contribution in [-0.2, 0) is 7.05 Å². The molecule has 204 valence electrons. The van der Waals surface area contributed by atoms with Gasteiger partial charge < -0.3 is 29.4 Å². The normalized spacial score (nSPS) is 10.9. The summed E-state index contributed by atoms with van der Waals surface area (Å²) in [5.41, 5.74) is 4.60. The molecule has 2 aromatic carbocycles. The summed E-state index contributed by atoms with van der Waals surface area (Å²) in [4.78, 5) is 25.1. The fraction of sp³-hybridized carbons (Fsp3) is 0.200. The van der Waals surface area contributed by atoms with Crippen LogP contribution in [0.25, 0.3) is 22.2 Å². The minimum atomic E-state index is -0.281. The van der Waals surface area contributed by atoms with Crippen molar-refractivity contribution >= 4 is 28.6 Å². The number of aromatic nitrogens is 4. The Morgan fingerprint density at radius 2 is 1.80 bits per heavy atom. The lowest BCUT2D eigenvalue weighted by molar-refractivity contribution is 0.0958. The number of carbonyl (C=O) groups is 1. The Bertz CT molecular complexity index is 1660. The summed E-state index contributed by atoms with van der Waals surface area (Å²) in [6.07, 6.45) is 3.32. The van der Waals surface area contributed by atoms with Crippen molar-refractivity contribution in [2.45, 2.75) is 20.0 Å². The van der Waals surface area contributed by atoms with E-state index in [0.29, 0.717) is 23.3 Å². The fourth-order valence-corrected chi connectivity index (χ4v) is 4.20. The molecule has 40 heavy (non-hydrogen) atoms. The molecule has 2 N–H and O–H groups in total. The van der Waals surface area contributed by atoms with Gasteiger partial charge in [0.15, 0.2) is 0 Å². The van der Waals surface area contributed by atoms with E-state index in [-0.39, 0.29) is 17.7 Å². The van der Waals surface area contributed by atoms with E-state index in [2.05, 4.69) is 20.6 Å². The molecule has 0 aliphatic carbocycles. The SMILES string of the molecule is CNC(=O)c1cc(Oc2ccc3c(c2)nc(Nc2ccc(OC(C)C)c(-c4ccc(OC)nc4)c2)n3C)ccn1. The Morgan fingerprint density at radius 1 is 0.975 bits per heavy atom. The number of hydrogen-bond donors (Lipinski definition) is 2. The van der Waals surface area contributed by atoms with Gasteiger partial charge in [-0.05, 0) is 56.3 Å². The van der Waals surface area contributed by atoms with E-state index in [1.165, 1.54) is 6.20 Å². The average molecular weight is 539 g/mol. The Hall–Kier alpha value is -5.12. The van der Waals surface area contributed by atoms with Crippen molar-refractivity contribution in [3.63, 3.8) is 0 Å². The highest BCUT2D eigenvalue weighted by atomic mass is 16.5. The van der Waals surface area contributed by atoms with Crippen molar-refractivity contribution in [1.82, 2.24) is 24.8 Å². The number of ether oxygens (including phenoxy) is 3. The number of aryl methyl sites for hydroxylation is 1. The van der Waals surface area contributed by atoms with Gasteiger partial charge >= 0.3 is 0 Å². The predicted octanol–water partition coefficient (Wildman–Crippen LogP) is 5.72. The number of carbonyl (C=O) groups excluding carboxylic acids is 1. The number of rotatable bonds is 9. The lowest BCUT2D eigenvalue weighted by Crippen LogP contribution is -2.18. The van der Waals surface area contributed by atoms with Crippen LogP contribution >= 0.6 is 0 Å². The molecule has 5 aromatic rings. The van der Waals surface area contributed by atoms with Gasteiger partial charge in [-0.15, -0.1) is 0 Å². The molecule has 0 spiro atoms. The molecule has 1 amide bonds. The first-order valence-corrected chi connectivity index (χ1v) is 12.7. The number of anilines is 2. The molecule has 0 atom stereocenters. The van der Waals surface area contributed by atoms with Gasteiger partial charge in [-0.25, -0.2) is 9.97 Å². The highest BCUT2D eigenvalue weighted by Gasteiger charge is 2.14. The number of imidazole rings is 1. The van der Waals surface area contributed by atoms with Crippen molar-refractivity contribution in [3.8, 4) is 34.3 Å². The third-order valence-corrected chi connectivity index (χ3v) is 6.13. The maximum atomic E-state index is 11.9. The number of hydrogen-bond acceptors (Lipinski definition) is 8. The van der Waals surface area contributed by atoms with E-state index in [1.54, 1.807) is 32.5 Å². The largest absolute Gasteiger partial charge is 0.490 e. The highest BCUT2D eigenvalue weighted by molar-refractivity contribution is 5.92. The van der Waals surface area contributed by atoms with Gasteiger partial charge in [-0.2, -0.15) is 0 Å². The van der Waals surface area contributed by atoms with Crippen LogP contribution in [0.2, 0.25) is 0 Å². The number of nitrogens with zero attached hydrogens (tertiary/aromatic N) is 4. The number of amides is 1. The predicted molar refractivity (Wildman–Crippen MR) is 154 cm³/mol. The Kier molecular flexibility index (Phi) is 7.50. The zero-order valence-electron chi connectivity index (χ0n) is 22.9. The van der Waals surface area contributed by atoms with Gasteiger partial charge in [0.1, 0.15) is 22.9 Å². The summed E-state index contributed by atoms with van der Waals surface area (Å²) in [6.45, 7) is 3.99. The van der Waals surface area contributed by atoms with Crippen LogP contribution in [0.15, 0.2) is 73.1 Å². The molecule has 0 unspecified atom stereocenters. The molecule has 0 radical (unpaired) electrons. The molecule has 10 heteroatoms. The lowest BCUT2D eigenvalue weighted by atomic mass is 10.1. The molecular formula is C30H30N6O4. The summed E-state index contributed by atoms with van der Waals surface area (Å²) in [5, 5.41) is 5.99. The lowest BCUT2D eigenvalue weighted by Gasteiger charge is -2.16. The molecule has 10 nitrogen and oxygen atoms in total. The molecular weight excluding hydrogens is 508 g/mol. The third kappa shape index (κ3) is 5.65. The molecule has 5 rings (SSSR count). The number of nitrogens with one attached hydrogen (secondary N) is 2. The Labute approximate surface area is 232 Å². The summed E-state index contributed by atoms with van der Waals surface area (Å²) < 4.78 is 19.3. The monoisotopic (exact) mass is 538 g/mol. The number of fused-ring (bicyclic) bond motifs is 1. The molecule has 0 saturated carbocycles. The van der Waals surface area contributed by atoms with E-state index in [4.69, 9.17) is 19.2 Å². The molecule has 3 aromatic heterocycles. The van der Waals surface area contributed by atoms with Gasteiger partial charge in [-0.1, -0.05) is 0 Å². The zero-order chi connectivity index (χ0) is 28.2. The molecule has 0 bridgehead atoms. The minimum Gasteiger partial charge on any atom is -0.490 e. The fourth-order valence-electron chi connectivity index (χ4n) is 4.20. The topological polar surface area (TPSA) is 112 Å². The first-order chi connectivity index (χ1) is 19.3. The van der Waals surface area contributed by atoms with E-state index in [9.17, 15) is 4.79 Å². The smallest absolute Gasteiger partial charge is 0.269 e. The van der Waals surface area contributed by atoms with Crippen molar-refractivity contribution in [2.24, 2.45) is 7.05 Å². The van der Waals surface area contributed by atoms with Crippen LogP contribution in [0.4, 0.5) is 11.6 Å². The Balaban J connectivity index is 1.42. The number of pyridine rings is 2. The average Bonchev–Trinajstić information content (AvgIpc) is 3.27. The summed E-state index contributed by atoms with van der Waals surface area (Å²) in [6, 6.07) is 18.6. The van der Waals surface area contributed by atoms with Crippen molar-refractivity contribution in [3.05, 3.63) is 78.8 Å². The van der Waals surface area contributed by atoms with Gasteiger partial charge in [0.25, 0.3) is 5.91 Å². The third-order valence-electron chi connectivity index (χ3n) is 6.13. The van der Waals surface area contributed by atoms with Gasteiger partial charge in [0.05, 0.1) is 24.2 Å². The summed E-state index contributed by atoms with van der Waals surface area (Å²) >= 11 is 0. The second-order valence-electron chi connectivity index (χ2n) is 9.29. The van der Waals surface area contributed by atoms with Crippen LogP contribution in [0.5, 0.6) is 23.1 Å². The van der Waals surface area contributed by atoms with Crippen molar-refractivity contribution in [2.75, 3.05) is 19.5 Å². The molecule has 0 fully saturated rings. The first-order valence-electron chi connectivity index (χ1n) is 12.7. The van der Waals surface area contributed by atoms with Crippen molar-refractivity contribution < 1.29 is 19.0 Å². The van der Waals surface area contributed by atoms with Crippen LogP contribution in [-0.4, -0.2) is 45.7 Å². The van der Waals surface area contributed by atoms with E-state index >= 15 is 0 Å². The summed E-state index contributed by atoms with van der Waals surface area (Å²) in [5.74, 6) is 2.78. The molecule has 0 saturated heterocycles. The molecule has 3 heterocycles. The first kappa shape index (κ1) is 26.5. The van der Waals surface area contributed by atoms with Crippen LogP contribution in [0.3, 0.4) is 0 Å². The summed E-state index contributed by atoms with van der Waals surface area (Å²) in [7, 11) is 5.10. The Morgan fingerprint density at radius 3 is 2.52 bits per heavy atom. The van der Waals surface area contributed by atoms with E-state index < -0.39 is 0 Å². The van der Waals surface area contributed by atoms with Crippen molar-refractivity contribution in [1.29, 1.82) is 0 Å². The standard InChI is InChI=1S/C30H30N6O4/c1-18(2)39-27-10-7-20(14-23(27)19-6-11-28(38-5)33-17-19)34-30-35-24-15-21(8-9-26(24)36(30)4)40-22-12-13-32-25(16-22)29(37)31-3/h6-18H,1-5H3,(H,31,37)(H,34,35). The van der Waals surface area contributed by atoms with E-state index in [0.717, 1.165) is 33.6 Å². The van der Waals surface area contributed by atoms with Gasteiger partial charge in [0, 0.05) is 61.5 Å². The maximum absolute atomic E-state index is 11.9. The second-order valence-corrected chi connectivity index (χ2v) is 9.29. The van der Waals surface area contributed by atoms with Crippen LogP contribution < -0.4 is 24.8 Å². The zero-order valence-corrected chi connectivity index (χ0v) is 22.9. The molecule has 0 aliphatic rings. The van der Waals surface area contributed by atoms with Gasteiger partial charge in [-0.3, -0.25) is 9.78 Å². The second kappa shape index (κ2) is 11.3. The van der Waals surface area contributed by atoms with Gasteiger partial charge in [0.2, 0.25) is 11.8 Å². The number of benzene rings is 2. The minimum absolute atomic E-state index is 0.0163.